The highest BCUT2D eigenvalue weighted by Gasteiger charge is 2.27. The van der Waals surface area contributed by atoms with E-state index in [-0.39, 0.29) is 6.03 Å². The molecule has 1 rings (SSSR count). The van der Waals surface area contributed by atoms with Gasteiger partial charge in [-0.3, -0.25) is 0 Å². The van der Waals surface area contributed by atoms with Crippen LogP contribution in [0.2, 0.25) is 0 Å². The Bertz CT molecular complexity index is 186. The molecule has 1 heterocycles. The van der Waals surface area contributed by atoms with Crippen LogP contribution in [0.4, 0.5) is 4.79 Å². The molecule has 13 heavy (non-hydrogen) atoms. The maximum Gasteiger partial charge on any atom is 0.320 e. The summed E-state index contributed by atoms with van der Waals surface area (Å²) in [5, 5.41) is 0. The van der Waals surface area contributed by atoms with E-state index in [1.54, 1.807) is 0 Å². The fourth-order valence-electron chi connectivity index (χ4n) is 1.58. The summed E-state index contributed by atoms with van der Waals surface area (Å²) in [5.41, 5.74) is 0. The quantitative estimate of drug-likeness (QED) is 0.445. The van der Waals surface area contributed by atoms with Gasteiger partial charge in [0.1, 0.15) is 0 Å². The molecule has 0 spiro atoms. The summed E-state index contributed by atoms with van der Waals surface area (Å²) < 4.78 is 0.361. The summed E-state index contributed by atoms with van der Waals surface area (Å²) in [6.45, 7) is 6.85. The minimum Gasteiger partial charge on any atom is -0.325 e. The Labute approximate surface area is 93.6 Å². The van der Waals surface area contributed by atoms with Gasteiger partial charge in [0.05, 0.1) is 4.05 Å². The van der Waals surface area contributed by atoms with E-state index < -0.39 is 0 Å². The van der Waals surface area contributed by atoms with Crippen molar-refractivity contribution in [3.05, 3.63) is 0 Å². The average Bonchev–Trinajstić information content (AvgIpc) is 2.17. The van der Waals surface area contributed by atoms with Crippen LogP contribution < -0.4 is 0 Å². The number of nitrogens with zero attached hydrogens (tertiary/aromatic N) is 2. The second kappa shape index (κ2) is 5.02. The summed E-state index contributed by atoms with van der Waals surface area (Å²) in [4.78, 5) is 15.7. The second-order valence-corrected chi connectivity index (χ2v) is 4.69. The zero-order chi connectivity index (χ0) is 9.84. The Morgan fingerprint density at radius 2 is 2.15 bits per heavy atom. The molecule has 0 aliphatic carbocycles. The molecule has 1 aliphatic heterocycles. The van der Waals surface area contributed by atoms with Gasteiger partial charge in [-0.2, -0.15) is 0 Å². The number of halogens is 1. The molecular formula is C9H17IN2O. The number of hydrogen-bond acceptors (Lipinski definition) is 1. The number of carbonyl (C=O) groups is 1. The van der Waals surface area contributed by atoms with Gasteiger partial charge < -0.3 is 9.80 Å². The predicted molar refractivity (Wildman–Crippen MR) is 62.1 cm³/mol. The van der Waals surface area contributed by atoms with Gasteiger partial charge in [0.25, 0.3) is 0 Å². The molecule has 76 valence electrons. The molecule has 0 bridgehead atoms. The molecule has 4 heteroatoms. The first-order chi connectivity index (χ1) is 6.20. The van der Waals surface area contributed by atoms with Gasteiger partial charge in [-0.1, -0.05) is 29.5 Å². The van der Waals surface area contributed by atoms with Crippen molar-refractivity contribution in [3.63, 3.8) is 0 Å². The molecule has 0 aromatic rings. The third-order valence-corrected chi connectivity index (χ3v) is 3.95. The molecule has 0 aromatic heterocycles. The van der Waals surface area contributed by atoms with Crippen molar-refractivity contribution in [2.24, 2.45) is 0 Å². The van der Waals surface area contributed by atoms with Gasteiger partial charge >= 0.3 is 6.03 Å². The lowest BCUT2D eigenvalue weighted by Gasteiger charge is -2.37. The van der Waals surface area contributed by atoms with E-state index in [1.807, 2.05) is 16.7 Å². The molecule has 3 nitrogen and oxygen atoms in total. The first kappa shape index (κ1) is 11.1. The van der Waals surface area contributed by atoms with E-state index in [4.69, 9.17) is 0 Å². The lowest BCUT2D eigenvalue weighted by Crippen LogP contribution is -2.51. The third-order valence-electron chi connectivity index (χ3n) is 2.40. The minimum absolute atomic E-state index is 0.218. The van der Waals surface area contributed by atoms with Gasteiger partial charge in [-0.05, 0) is 19.8 Å². The number of amides is 2. The second-order valence-electron chi connectivity index (χ2n) is 3.25. The maximum absolute atomic E-state index is 11.8. The number of alkyl halides is 1. The van der Waals surface area contributed by atoms with E-state index in [0.29, 0.717) is 4.05 Å². The molecule has 0 radical (unpaired) electrons. The zero-order valence-electron chi connectivity index (χ0n) is 8.29. The molecule has 1 atom stereocenters. The zero-order valence-corrected chi connectivity index (χ0v) is 10.5. The van der Waals surface area contributed by atoms with Gasteiger partial charge in [0.15, 0.2) is 0 Å². The average molecular weight is 296 g/mol. The number of rotatable bonds is 3. The van der Waals surface area contributed by atoms with Crippen LogP contribution in [0, 0.1) is 0 Å². The predicted octanol–water partition coefficient (Wildman–Crippen LogP) is 2.31. The molecule has 1 fully saturated rings. The molecule has 0 aromatic carbocycles. The van der Waals surface area contributed by atoms with Gasteiger partial charge in [0.2, 0.25) is 0 Å². The summed E-state index contributed by atoms with van der Waals surface area (Å²) in [6.07, 6.45) is 2.14. The lowest BCUT2D eigenvalue weighted by atomic mass is 10.2. The Balaban J connectivity index is 2.59. The number of urea groups is 1. The first-order valence-corrected chi connectivity index (χ1v) is 6.14. The molecule has 0 N–H and O–H groups in total. The van der Waals surface area contributed by atoms with Gasteiger partial charge in [-0.15, -0.1) is 0 Å². The Kier molecular flexibility index (Phi) is 4.28. The highest BCUT2D eigenvalue weighted by atomic mass is 127. The summed E-state index contributed by atoms with van der Waals surface area (Å²) in [6, 6.07) is 0.218. The van der Waals surface area contributed by atoms with Crippen LogP contribution in [-0.2, 0) is 0 Å². The van der Waals surface area contributed by atoms with Crippen molar-refractivity contribution >= 4 is 28.6 Å². The van der Waals surface area contributed by atoms with E-state index in [9.17, 15) is 4.79 Å². The molecule has 0 saturated carbocycles. The maximum atomic E-state index is 11.8. The fourth-order valence-corrected chi connectivity index (χ4v) is 2.10. The lowest BCUT2D eigenvalue weighted by molar-refractivity contribution is 0.129. The largest absolute Gasteiger partial charge is 0.325 e. The summed E-state index contributed by atoms with van der Waals surface area (Å²) >= 11 is 2.34. The van der Waals surface area contributed by atoms with Crippen molar-refractivity contribution in [3.8, 4) is 0 Å². The first-order valence-electron chi connectivity index (χ1n) is 4.90. The highest BCUT2D eigenvalue weighted by molar-refractivity contribution is 14.1. The highest BCUT2D eigenvalue weighted by Crippen LogP contribution is 2.18. The summed E-state index contributed by atoms with van der Waals surface area (Å²) in [7, 11) is 0. The van der Waals surface area contributed by atoms with Crippen LogP contribution in [0.25, 0.3) is 0 Å². The van der Waals surface area contributed by atoms with Crippen LogP contribution in [0.5, 0.6) is 0 Å². The number of carbonyl (C=O) groups excluding carboxylic acids is 1. The Morgan fingerprint density at radius 3 is 2.69 bits per heavy atom. The standard InChI is InChI=1S/C9H17IN2O/c1-3-8(10)12-7-5-6-11(4-2)9(12)13/h8H,3-7H2,1-2H3. The van der Waals surface area contributed by atoms with E-state index in [0.717, 1.165) is 32.5 Å². The van der Waals surface area contributed by atoms with Gasteiger partial charge in [0, 0.05) is 19.6 Å². The monoisotopic (exact) mass is 296 g/mol. The normalized spacial score (nSPS) is 20.7. The smallest absolute Gasteiger partial charge is 0.320 e. The van der Waals surface area contributed by atoms with E-state index >= 15 is 0 Å². The minimum atomic E-state index is 0.218. The third kappa shape index (κ3) is 2.48. The van der Waals surface area contributed by atoms with Crippen molar-refractivity contribution in [2.75, 3.05) is 19.6 Å². The van der Waals surface area contributed by atoms with Crippen molar-refractivity contribution < 1.29 is 4.79 Å². The van der Waals surface area contributed by atoms with Crippen LogP contribution in [0.15, 0.2) is 0 Å². The fraction of sp³-hybridized carbons (Fsp3) is 0.889. The van der Waals surface area contributed by atoms with Crippen LogP contribution in [0.1, 0.15) is 26.7 Å². The number of hydrogen-bond donors (Lipinski definition) is 0. The summed E-state index contributed by atoms with van der Waals surface area (Å²) in [5.74, 6) is 0. The SMILES string of the molecule is CCC(I)N1CCCN(CC)C1=O. The molecule has 1 aliphatic rings. The molecule has 1 saturated heterocycles. The van der Waals surface area contributed by atoms with Crippen molar-refractivity contribution in [1.29, 1.82) is 0 Å². The molecule has 1 unspecified atom stereocenters. The molecule has 2 amide bonds. The van der Waals surface area contributed by atoms with E-state index in [1.165, 1.54) is 0 Å². The van der Waals surface area contributed by atoms with E-state index in [2.05, 4.69) is 29.5 Å². The van der Waals surface area contributed by atoms with Crippen LogP contribution in [-0.4, -0.2) is 39.5 Å². The van der Waals surface area contributed by atoms with Crippen LogP contribution >= 0.6 is 22.6 Å². The Hall–Kier alpha value is 0. The Morgan fingerprint density at radius 1 is 1.46 bits per heavy atom. The topological polar surface area (TPSA) is 23.6 Å². The van der Waals surface area contributed by atoms with Crippen molar-refractivity contribution in [1.82, 2.24) is 9.80 Å². The van der Waals surface area contributed by atoms with Crippen LogP contribution in [0.3, 0.4) is 0 Å². The van der Waals surface area contributed by atoms with Gasteiger partial charge in [-0.25, -0.2) is 4.79 Å². The van der Waals surface area contributed by atoms with Crippen molar-refractivity contribution in [2.45, 2.75) is 30.7 Å². The molecular weight excluding hydrogens is 279 g/mol.